The maximum absolute atomic E-state index is 5.72. The molecule has 3 atom stereocenters. The van der Waals surface area contributed by atoms with Gasteiger partial charge in [0.1, 0.15) is 12.2 Å². The third kappa shape index (κ3) is 2.76. The van der Waals surface area contributed by atoms with Gasteiger partial charge < -0.3 is 10.1 Å². The number of nitrogens with zero attached hydrogens (tertiary/aromatic N) is 2. The molecule has 1 aromatic rings. The zero-order chi connectivity index (χ0) is 10.7. The SMILES string of the molecule is CC1CCC(CNC(C)c2ncn[nH]2)O1. The van der Waals surface area contributed by atoms with Crippen molar-refractivity contribution < 1.29 is 4.74 Å². The van der Waals surface area contributed by atoms with Crippen LogP contribution in [0.2, 0.25) is 0 Å². The van der Waals surface area contributed by atoms with Crippen molar-refractivity contribution in [2.45, 2.75) is 44.9 Å². The number of aromatic nitrogens is 3. The molecule has 1 fully saturated rings. The molecule has 3 unspecified atom stereocenters. The van der Waals surface area contributed by atoms with E-state index in [9.17, 15) is 0 Å². The Balaban J connectivity index is 1.74. The van der Waals surface area contributed by atoms with Crippen LogP contribution in [0, 0.1) is 0 Å². The predicted octanol–water partition coefficient (Wildman–Crippen LogP) is 1.02. The lowest BCUT2D eigenvalue weighted by Gasteiger charge is -2.15. The summed E-state index contributed by atoms with van der Waals surface area (Å²) in [6.07, 6.45) is 4.62. The number of ether oxygens (including phenoxy) is 1. The van der Waals surface area contributed by atoms with Gasteiger partial charge in [-0.2, -0.15) is 5.10 Å². The summed E-state index contributed by atoms with van der Waals surface area (Å²) < 4.78 is 5.72. The molecule has 0 amide bonds. The van der Waals surface area contributed by atoms with Gasteiger partial charge in [-0.25, -0.2) is 4.98 Å². The molecule has 5 nitrogen and oxygen atoms in total. The van der Waals surface area contributed by atoms with Gasteiger partial charge in [-0.3, -0.25) is 5.10 Å². The third-order valence-corrected chi connectivity index (χ3v) is 2.82. The van der Waals surface area contributed by atoms with Gasteiger partial charge in [0.15, 0.2) is 0 Å². The Bertz CT molecular complexity index is 288. The standard InChI is InChI=1S/C10H18N4O/c1-7-3-4-9(15-7)5-11-8(2)10-12-6-13-14-10/h6-9,11H,3-5H2,1-2H3,(H,12,13,14). The van der Waals surface area contributed by atoms with Crippen molar-refractivity contribution in [1.82, 2.24) is 20.5 Å². The molecule has 0 bridgehead atoms. The van der Waals surface area contributed by atoms with Crippen LogP contribution in [0.15, 0.2) is 6.33 Å². The molecule has 1 aliphatic rings. The van der Waals surface area contributed by atoms with Crippen molar-refractivity contribution >= 4 is 0 Å². The van der Waals surface area contributed by atoms with Crippen LogP contribution >= 0.6 is 0 Å². The monoisotopic (exact) mass is 210 g/mol. The van der Waals surface area contributed by atoms with E-state index in [-0.39, 0.29) is 6.04 Å². The smallest absolute Gasteiger partial charge is 0.141 e. The van der Waals surface area contributed by atoms with Gasteiger partial charge >= 0.3 is 0 Å². The number of hydrogen-bond donors (Lipinski definition) is 2. The molecule has 0 saturated carbocycles. The van der Waals surface area contributed by atoms with Crippen LogP contribution in [0.4, 0.5) is 0 Å². The van der Waals surface area contributed by atoms with Gasteiger partial charge in [-0.05, 0) is 26.7 Å². The minimum Gasteiger partial charge on any atom is -0.374 e. The van der Waals surface area contributed by atoms with Crippen LogP contribution < -0.4 is 5.32 Å². The highest BCUT2D eigenvalue weighted by atomic mass is 16.5. The van der Waals surface area contributed by atoms with Crippen LogP contribution in [-0.4, -0.2) is 33.9 Å². The van der Waals surface area contributed by atoms with Gasteiger partial charge in [-0.1, -0.05) is 0 Å². The molecule has 1 aliphatic heterocycles. The molecule has 0 aromatic carbocycles. The molecule has 2 rings (SSSR count). The molecule has 15 heavy (non-hydrogen) atoms. The van der Waals surface area contributed by atoms with E-state index in [1.54, 1.807) is 0 Å². The molecule has 84 valence electrons. The second kappa shape index (κ2) is 4.72. The van der Waals surface area contributed by atoms with E-state index in [2.05, 4.69) is 34.3 Å². The van der Waals surface area contributed by atoms with E-state index in [0.717, 1.165) is 18.8 Å². The predicted molar refractivity (Wildman–Crippen MR) is 56.4 cm³/mol. The highest BCUT2D eigenvalue weighted by molar-refractivity contribution is 4.89. The summed E-state index contributed by atoms with van der Waals surface area (Å²) in [5.41, 5.74) is 0. The Morgan fingerprint density at radius 3 is 3.13 bits per heavy atom. The highest BCUT2D eigenvalue weighted by Crippen LogP contribution is 2.18. The Morgan fingerprint density at radius 2 is 2.53 bits per heavy atom. The number of H-pyrrole nitrogens is 1. The van der Waals surface area contributed by atoms with Gasteiger partial charge in [0.05, 0.1) is 18.2 Å². The number of nitrogens with one attached hydrogen (secondary N) is 2. The quantitative estimate of drug-likeness (QED) is 0.779. The minimum atomic E-state index is 0.201. The summed E-state index contributed by atoms with van der Waals surface area (Å²) in [4.78, 5) is 4.11. The first kappa shape index (κ1) is 10.6. The first-order valence-corrected chi connectivity index (χ1v) is 5.50. The molecule has 5 heteroatoms. The molecule has 2 heterocycles. The second-order valence-corrected chi connectivity index (χ2v) is 4.15. The first-order chi connectivity index (χ1) is 7.25. The van der Waals surface area contributed by atoms with Gasteiger partial charge in [0.25, 0.3) is 0 Å². The molecule has 1 aromatic heterocycles. The lowest BCUT2D eigenvalue weighted by Crippen LogP contribution is -2.29. The zero-order valence-corrected chi connectivity index (χ0v) is 9.23. The Kier molecular flexibility index (Phi) is 3.33. The van der Waals surface area contributed by atoms with E-state index in [4.69, 9.17) is 4.74 Å². The van der Waals surface area contributed by atoms with Gasteiger partial charge in [0.2, 0.25) is 0 Å². The maximum atomic E-state index is 5.72. The summed E-state index contributed by atoms with van der Waals surface area (Å²) in [6, 6.07) is 0.201. The summed E-state index contributed by atoms with van der Waals surface area (Å²) >= 11 is 0. The van der Waals surface area contributed by atoms with Crippen LogP contribution in [0.1, 0.15) is 38.6 Å². The fourth-order valence-electron chi connectivity index (χ4n) is 1.86. The molecule has 0 spiro atoms. The zero-order valence-electron chi connectivity index (χ0n) is 9.23. The van der Waals surface area contributed by atoms with E-state index in [0.29, 0.717) is 12.2 Å². The summed E-state index contributed by atoms with van der Waals surface area (Å²) in [5.74, 6) is 0.876. The Labute approximate surface area is 89.6 Å². The molecular weight excluding hydrogens is 192 g/mol. The van der Waals surface area contributed by atoms with Crippen molar-refractivity contribution in [3.63, 3.8) is 0 Å². The third-order valence-electron chi connectivity index (χ3n) is 2.82. The van der Waals surface area contributed by atoms with E-state index < -0.39 is 0 Å². The minimum absolute atomic E-state index is 0.201. The molecular formula is C10H18N4O. The van der Waals surface area contributed by atoms with E-state index in [1.807, 2.05) is 0 Å². The Morgan fingerprint density at radius 1 is 1.67 bits per heavy atom. The van der Waals surface area contributed by atoms with Crippen LogP contribution in [0.25, 0.3) is 0 Å². The van der Waals surface area contributed by atoms with Gasteiger partial charge in [0, 0.05) is 6.54 Å². The van der Waals surface area contributed by atoms with Crippen molar-refractivity contribution in [3.8, 4) is 0 Å². The summed E-state index contributed by atoms with van der Waals surface area (Å²) in [6.45, 7) is 5.07. The van der Waals surface area contributed by atoms with Crippen LogP contribution in [0.5, 0.6) is 0 Å². The molecule has 0 radical (unpaired) electrons. The first-order valence-electron chi connectivity index (χ1n) is 5.50. The maximum Gasteiger partial charge on any atom is 0.141 e. The fraction of sp³-hybridized carbons (Fsp3) is 0.800. The number of aromatic amines is 1. The van der Waals surface area contributed by atoms with Crippen LogP contribution in [-0.2, 0) is 4.74 Å². The molecule has 1 saturated heterocycles. The lowest BCUT2D eigenvalue weighted by atomic mass is 10.2. The van der Waals surface area contributed by atoms with E-state index >= 15 is 0 Å². The topological polar surface area (TPSA) is 62.8 Å². The van der Waals surface area contributed by atoms with Crippen LogP contribution in [0.3, 0.4) is 0 Å². The molecule has 2 N–H and O–H groups in total. The summed E-state index contributed by atoms with van der Waals surface area (Å²) in [7, 11) is 0. The van der Waals surface area contributed by atoms with Gasteiger partial charge in [-0.15, -0.1) is 0 Å². The van der Waals surface area contributed by atoms with Crippen molar-refractivity contribution in [2.24, 2.45) is 0 Å². The number of hydrogen-bond acceptors (Lipinski definition) is 4. The molecule has 0 aliphatic carbocycles. The van der Waals surface area contributed by atoms with Crippen molar-refractivity contribution in [3.05, 3.63) is 12.2 Å². The second-order valence-electron chi connectivity index (χ2n) is 4.15. The normalized spacial score (nSPS) is 28.1. The largest absolute Gasteiger partial charge is 0.374 e. The van der Waals surface area contributed by atoms with Crippen molar-refractivity contribution in [1.29, 1.82) is 0 Å². The average molecular weight is 210 g/mol. The number of rotatable bonds is 4. The fourth-order valence-corrected chi connectivity index (χ4v) is 1.86. The average Bonchev–Trinajstić information content (AvgIpc) is 2.84. The summed E-state index contributed by atoms with van der Waals surface area (Å²) in [5, 5.41) is 10.1. The lowest BCUT2D eigenvalue weighted by molar-refractivity contribution is 0.0545. The van der Waals surface area contributed by atoms with Crippen molar-refractivity contribution in [2.75, 3.05) is 6.54 Å². The highest BCUT2D eigenvalue weighted by Gasteiger charge is 2.22. The van der Waals surface area contributed by atoms with E-state index in [1.165, 1.54) is 12.7 Å². The Hall–Kier alpha value is -0.940.